The Labute approximate surface area is 214 Å². The molecule has 8 N–H and O–H groups in total. The molecular formula is C23H34N4O8S. The molecule has 0 heterocycles. The van der Waals surface area contributed by atoms with Crippen molar-refractivity contribution >= 4 is 42.3 Å². The number of phenolic OH excluding ortho intramolecular Hbond substituents is 1. The topological polar surface area (TPSA) is 208 Å². The third kappa shape index (κ3) is 10.1. The van der Waals surface area contributed by atoms with Gasteiger partial charge in [0.15, 0.2) is 0 Å². The number of carbonyl (C=O) groups excluding carboxylic acids is 3. The van der Waals surface area contributed by atoms with Crippen LogP contribution in [-0.4, -0.2) is 74.9 Å². The molecule has 3 amide bonds. The monoisotopic (exact) mass is 526 g/mol. The number of carboxylic acid groups (broad SMARTS) is 2. The number of thiol groups is 1. The molecule has 0 aromatic heterocycles. The number of hydrogen-bond donors (Lipinski definition) is 8. The normalized spacial score (nSPS) is 15.0. The fraction of sp³-hybridized carbons (Fsp3) is 0.522. The molecule has 0 saturated heterocycles. The molecule has 36 heavy (non-hydrogen) atoms. The fourth-order valence-electron chi connectivity index (χ4n) is 3.20. The van der Waals surface area contributed by atoms with E-state index in [1.165, 1.54) is 12.1 Å². The van der Waals surface area contributed by atoms with Crippen LogP contribution in [0, 0.1) is 5.92 Å². The minimum Gasteiger partial charge on any atom is -0.508 e. The molecular weight excluding hydrogens is 492 g/mol. The van der Waals surface area contributed by atoms with Crippen molar-refractivity contribution in [1.82, 2.24) is 16.0 Å². The Balaban J connectivity index is 2.99. The third-order valence-corrected chi connectivity index (χ3v) is 5.96. The number of aromatic hydroxyl groups is 1. The number of benzene rings is 1. The van der Waals surface area contributed by atoms with Crippen LogP contribution in [0.1, 0.15) is 38.7 Å². The molecule has 13 heteroatoms. The lowest BCUT2D eigenvalue weighted by atomic mass is 9.97. The van der Waals surface area contributed by atoms with Crippen LogP contribution in [0.2, 0.25) is 0 Å². The van der Waals surface area contributed by atoms with E-state index in [-0.39, 0.29) is 24.3 Å². The molecule has 200 valence electrons. The lowest BCUT2D eigenvalue weighted by molar-refractivity contribution is -0.142. The summed E-state index contributed by atoms with van der Waals surface area (Å²) in [5.74, 6) is -5.27. The molecule has 0 radical (unpaired) electrons. The second-order valence-electron chi connectivity index (χ2n) is 8.42. The van der Waals surface area contributed by atoms with Gasteiger partial charge in [-0.1, -0.05) is 32.4 Å². The van der Waals surface area contributed by atoms with E-state index in [1.807, 2.05) is 0 Å². The van der Waals surface area contributed by atoms with Gasteiger partial charge >= 0.3 is 11.9 Å². The van der Waals surface area contributed by atoms with Crippen molar-refractivity contribution in [3.05, 3.63) is 29.8 Å². The molecule has 5 unspecified atom stereocenters. The van der Waals surface area contributed by atoms with Crippen molar-refractivity contribution in [2.75, 3.05) is 5.75 Å². The van der Waals surface area contributed by atoms with Crippen molar-refractivity contribution in [1.29, 1.82) is 0 Å². The van der Waals surface area contributed by atoms with E-state index in [1.54, 1.807) is 26.0 Å². The Morgan fingerprint density at radius 1 is 0.944 bits per heavy atom. The van der Waals surface area contributed by atoms with Gasteiger partial charge in [0.2, 0.25) is 17.7 Å². The van der Waals surface area contributed by atoms with Gasteiger partial charge in [-0.05, 0) is 36.5 Å². The highest BCUT2D eigenvalue weighted by atomic mass is 32.1. The van der Waals surface area contributed by atoms with Gasteiger partial charge in [-0.2, -0.15) is 12.6 Å². The zero-order valence-electron chi connectivity index (χ0n) is 20.1. The first-order valence-corrected chi connectivity index (χ1v) is 12.0. The summed E-state index contributed by atoms with van der Waals surface area (Å²) in [6.45, 7) is 3.45. The van der Waals surface area contributed by atoms with Gasteiger partial charge in [-0.3, -0.25) is 19.2 Å². The second kappa shape index (κ2) is 14.9. The molecule has 0 aliphatic carbocycles. The third-order valence-electron chi connectivity index (χ3n) is 5.60. The average molecular weight is 527 g/mol. The Kier molecular flexibility index (Phi) is 12.7. The number of nitrogens with one attached hydrogen (secondary N) is 3. The molecule has 1 rings (SSSR count). The van der Waals surface area contributed by atoms with Gasteiger partial charge in [-0.15, -0.1) is 0 Å². The zero-order valence-corrected chi connectivity index (χ0v) is 21.0. The van der Waals surface area contributed by atoms with Gasteiger partial charge in [0.25, 0.3) is 0 Å². The van der Waals surface area contributed by atoms with E-state index in [9.17, 15) is 34.2 Å². The molecule has 5 atom stereocenters. The summed E-state index contributed by atoms with van der Waals surface area (Å²) in [7, 11) is 0. The summed E-state index contributed by atoms with van der Waals surface area (Å²) >= 11 is 3.91. The standard InChI is InChI=1S/C23H34N4O8S/c1-3-12(2)19(22(33)26-17(11-36)23(34)35)27-21(32)16(8-9-18(29)30)25-20(31)15(24)10-13-4-6-14(28)7-5-13/h4-7,12,15-17,19,28,36H,3,8-11,24H2,1-2H3,(H,25,31)(H,26,33)(H,27,32)(H,29,30)(H,34,35). The highest BCUT2D eigenvalue weighted by molar-refractivity contribution is 7.80. The average Bonchev–Trinajstić information content (AvgIpc) is 2.83. The Morgan fingerprint density at radius 2 is 1.53 bits per heavy atom. The van der Waals surface area contributed by atoms with E-state index in [2.05, 4.69) is 28.6 Å². The van der Waals surface area contributed by atoms with E-state index < -0.39 is 66.2 Å². The van der Waals surface area contributed by atoms with Crippen LogP contribution in [0.4, 0.5) is 0 Å². The first-order chi connectivity index (χ1) is 16.9. The van der Waals surface area contributed by atoms with Crippen molar-refractivity contribution in [3.63, 3.8) is 0 Å². The summed E-state index contributed by atoms with van der Waals surface area (Å²) in [6, 6.07) is 1.25. The van der Waals surface area contributed by atoms with Gasteiger partial charge in [-0.25, -0.2) is 4.79 Å². The van der Waals surface area contributed by atoms with Gasteiger partial charge in [0.05, 0.1) is 6.04 Å². The first-order valence-electron chi connectivity index (χ1n) is 11.4. The largest absolute Gasteiger partial charge is 0.508 e. The van der Waals surface area contributed by atoms with Crippen LogP contribution in [0.5, 0.6) is 5.75 Å². The maximum absolute atomic E-state index is 13.0. The van der Waals surface area contributed by atoms with Gasteiger partial charge in [0, 0.05) is 12.2 Å². The maximum atomic E-state index is 13.0. The van der Waals surface area contributed by atoms with Crippen LogP contribution >= 0.6 is 12.6 Å². The molecule has 0 spiro atoms. The lowest BCUT2D eigenvalue weighted by Gasteiger charge is -2.27. The number of amides is 3. The first kappa shape index (κ1) is 30.7. The number of carboxylic acids is 2. The Hall–Kier alpha value is -3.32. The van der Waals surface area contributed by atoms with Crippen LogP contribution < -0.4 is 21.7 Å². The number of rotatable bonds is 15. The molecule has 12 nitrogen and oxygen atoms in total. The number of aliphatic carboxylic acids is 2. The maximum Gasteiger partial charge on any atom is 0.327 e. The smallest absolute Gasteiger partial charge is 0.327 e. The summed E-state index contributed by atoms with van der Waals surface area (Å²) in [5, 5.41) is 34.9. The van der Waals surface area contributed by atoms with Crippen molar-refractivity contribution in [3.8, 4) is 5.75 Å². The molecule has 0 bridgehead atoms. The fourth-order valence-corrected chi connectivity index (χ4v) is 3.44. The Morgan fingerprint density at radius 3 is 2.03 bits per heavy atom. The van der Waals surface area contributed by atoms with E-state index in [0.29, 0.717) is 12.0 Å². The predicted molar refractivity (Wildman–Crippen MR) is 133 cm³/mol. The summed E-state index contributed by atoms with van der Waals surface area (Å²) in [4.78, 5) is 60.8. The molecule has 0 aliphatic rings. The van der Waals surface area contributed by atoms with E-state index >= 15 is 0 Å². The number of phenols is 1. The minimum absolute atomic E-state index is 0.0473. The molecule has 1 aromatic carbocycles. The number of hydrogen-bond acceptors (Lipinski definition) is 8. The number of nitrogens with two attached hydrogens (primary N) is 1. The molecule has 0 fully saturated rings. The second-order valence-corrected chi connectivity index (χ2v) is 8.79. The molecule has 0 aliphatic heterocycles. The van der Waals surface area contributed by atoms with E-state index in [0.717, 1.165) is 0 Å². The van der Waals surface area contributed by atoms with Gasteiger partial charge < -0.3 is 37.0 Å². The Bertz CT molecular complexity index is 927. The van der Waals surface area contributed by atoms with Crippen LogP contribution in [-0.2, 0) is 30.4 Å². The molecule has 0 saturated carbocycles. The van der Waals surface area contributed by atoms with Crippen molar-refractivity contribution < 1.29 is 39.3 Å². The SMILES string of the molecule is CCC(C)C(NC(=O)C(CCC(=O)O)NC(=O)C(N)Cc1ccc(O)cc1)C(=O)NC(CS)C(=O)O. The minimum atomic E-state index is -1.31. The predicted octanol–water partition coefficient (Wildman–Crippen LogP) is -0.358. The van der Waals surface area contributed by atoms with Crippen LogP contribution in [0.15, 0.2) is 24.3 Å². The lowest BCUT2D eigenvalue weighted by Crippen LogP contribution is -2.59. The highest BCUT2D eigenvalue weighted by Gasteiger charge is 2.32. The van der Waals surface area contributed by atoms with Gasteiger partial charge in [0.1, 0.15) is 23.9 Å². The summed E-state index contributed by atoms with van der Waals surface area (Å²) in [6.07, 6.45) is -0.146. The van der Waals surface area contributed by atoms with Crippen molar-refractivity contribution in [2.24, 2.45) is 11.7 Å². The summed E-state index contributed by atoms with van der Waals surface area (Å²) in [5.41, 5.74) is 6.62. The molecule has 1 aromatic rings. The zero-order chi connectivity index (χ0) is 27.4. The quantitative estimate of drug-likeness (QED) is 0.140. The highest BCUT2D eigenvalue weighted by Crippen LogP contribution is 2.12. The van der Waals surface area contributed by atoms with Crippen LogP contribution in [0.25, 0.3) is 0 Å². The van der Waals surface area contributed by atoms with Crippen LogP contribution in [0.3, 0.4) is 0 Å². The van der Waals surface area contributed by atoms with E-state index in [4.69, 9.17) is 10.8 Å². The summed E-state index contributed by atoms with van der Waals surface area (Å²) < 4.78 is 0. The van der Waals surface area contributed by atoms with Crippen molar-refractivity contribution in [2.45, 2.75) is 63.7 Å². The number of carbonyl (C=O) groups is 5.